The van der Waals surface area contributed by atoms with E-state index in [-0.39, 0.29) is 59.0 Å². The number of nitrogens with zero attached hydrogens (tertiary/aromatic N) is 2. The molecule has 0 aliphatic carbocycles. The van der Waals surface area contributed by atoms with Crippen LogP contribution in [0.2, 0.25) is 5.02 Å². The molecule has 4 bridgehead atoms. The minimum absolute atomic E-state index is 0.0210. The van der Waals surface area contributed by atoms with E-state index in [1.54, 1.807) is 86.7 Å². The van der Waals surface area contributed by atoms with Gasteiger partial charge in [-0.3, -0.25) is 24.5 Å². The fourth-order valence-corrected chi connectivity index (χ4v) is 11.9. The number of nitrogens with two attached hydrogens (primary N) is 1. The van der Waals surface area contributed by atoms with Crippen LogP contribution in [0.4, 0.5) is 10.5 Å². The summed E-state index contributed by atoms with van der Waals surface area (Å²) < 4.78 is 29.2. The summed E-state index contributed by atoms with van der Waals surface area (Å²) in [6.07, 6.45) is 9.13. The van der Waals surface area contributed by atoms with Crippen molar-refractivity contribution in [2.45, 2.75) is 179 Å². The Hall–Kier alpha value is -4.21. The van der Waals surface area contributed by atoms with Gasteiger partial charge >= 0.3 is 12.1 Å². The Morgan fingerprint density at radius 3 is 2.45 bits per heavy atom. The Kier molecular flexibility index (Phi) is 27.5. The molecule has 0 radical (unpaired) electrons. The van der Waals surface area contributed by atoms with Crippen molar-refractivity contribution in [3.05, 3.63) is 71.8 Å². The number of anilines is 1. The van der Waals surface area contributed by atoms with Gasteiger partial charge in [0.05, 0.1) is 37.9 Å². The number of alkyl carbamates (subject to hydrolysis) is 1. The molecule has 77 heavy (non-hydrogen) atoms. The molecule has 3 heterocycles. The number of hydrogen-bond donors (Lipinski definition) is 4. The summed E-state index contributed by atoms with van der Waals surface area (Å²) >= 11 is 6.83. The number of likely N-dealkylation sites (N-methyl/N-ethyl adjacent to an activating group) is 1. The van der Waals surface area contributed by atoms with E-state index in [0.29, 0.717) is 55.8 Å². The highest BCUT2D eigenvalue weighted by atomic mass is 35.5. The second-order valence-corrected chi connectivity index (χ2v) is 24.6. The zero-order valence-corrected chi connectivity index (χ0v) is 50.0. The van der Waals surface area contributed by atoms with E-state index in [4.69, 9.17) is 41.0 Å². The molecular formula is C57H88ClN5O12S2. The number of amides is 3. The molecule has 1 aromatic rings. The number of Topliss-reactive ketones (excluding diaryl/α,β-unsaturated/α-hetero) is 2. The van der Waals surface area contributed by atoms with Crippen LogP contribution in [-0.4, -0.2) is 145 Å². The predicted molar refractivity (Wildman–Crippen MR) is 308 cm³/mol. The minimum atomic E-state index is -1.86. The third kappa shape index (κ3) is 19.8. The van der Waals surface area contributed by atoms with Gasteiger partial charge in [-0.1, -0.05) is 96.3 Å². The maximum absolute atomic E-state index is 14.4. The first-order valence-corrected chi connectivity index (χ1v) is 29.3. The lowest BCUT2D eigenvalue weighted by atomic mass is 9.83. The van der Waals surface area contributed by atoms with Crippen LogP contribution in [0.15, 0.2) is 61.2 Å². The topological polar surface area (TPSA) is 229 Å². The van der Waals surface area contributed by atoms with Gasteiger partial charge in [0, 0.05) is 62.8 Å². The number of benzene rings is 1. The molecule has 20 heteroatoms. The van der Waals surface area contributed by atoms with Gasteiger partial charge < -0.3 is 49.6 Å². The number of carbonyl (C=O) groups is 6. The molecule has 1 unspecified atom stereocenters. The number of carbonyl (C=O) groups excluding carboxylic acids is 6. The van der Waals surface area contributed by atoms with Crippen LogP contribution in [-0.2, 0) is 49.3 Å². The summed E-state index contributed by atoms with van der Waals surface area (Å²) in [6.45, 7) is 22.8. The van der Waals surface area contributed by atoms with Crippen molar-refractivity contribution in [2.24, 2.45) is 17.6 Å². The molecule has 10 atom stereocenters. The lowest BCUT2D eigenvalue weighted by molar-refractivity contribution is -0.162. The number of unbranched alkanes of at least 4 members (excludes halogenated alkanes) is 1. The number of fused-ring (bicyclic) bond motifs is 5. The van der Waals surface area contributed by atoms with Crippen molar-refractivity contribution < 1.29 is 57.6 Å². The zero-order chi connectivity index (χ0) is 57.8. The smallest absolute Gasteiger partial charge is 0.409 e. The first-order chi connectivity index (χ1) is 36.3. The van der Waals surface area contributed by atoms with Crippen LogP contribution in [0.1, 0.15) is 125 Å². The molecule has 2 fully saturated rings. The molecule has 2 saturated heterocycles. The number of ether oxygens (including phenoxy) is 5. The van der Waals surface area contributed by atoms with Crippen LogP contribution in [0.5, 0.6) is 5.75 Å². The minimum Gasteiger partial charge on any atom is -0.495 e. The third-order valence-electron chi connectivity index (χ3n) is 14.4. The van der Waals surface area contributed by atoms with E-state index < -0.39 is 71.7 Å². The first-order valence-electron chi connectivity index (χ1n) is 26.6. The number of rotatable bonds is 25. The van der Waals surface area contributed by atoms with Gasteiger partial charge in [0.2, 0.25) is 11.8 Å². The second kappa shape index (κ2) is 31.5. The molecule has 3 amide bonds. The van der Waals surface area contributed by atoms with Crippen LogP contribution in [0.3, 0.4) is 0 Å². The molecular weight excluding hydrogens is 1050 g/mol. The summed E-state index contributed by atoms with van der Waals surface area (Å²) in [5, 5.41) is 17.8. The largest absolute Gasteiger partial charge is 0.495 e. The molecule has 432 valence electrons. The van der Waals surface area contributed by atoms with Gasteiger partial charge in [0.15, 0.2) is 11.5 Å². The third-order valence-corrected chi connectivity index (χ3v) is 18.2. The maximum Gasteiger partial charge on any atom is 0.409 e. The highest BCUT2D eigenvalue weighted by Crippen LogP contribution is 2.49. The van der Waals surface area contributed by atoms with Gasteiger partial charge in [-0.15, -0.1) is 13.2 Å². The van der Waals surface area contributed by atoms with Crippen molar-refractivity contribution >= 4 is 74.3 Å². The van der Waals surface area contributed by atoms with E-state index in [0.717, 1.165) is 30.4 Å². The fourth-order valence-electron chi connectivity index (χ4n) is 8.97. The normalized spacial score (nSPS) is 25.8. The fraction of sp³-hybridized carbons (Fsp3) is 0.649. The molecule has 17 nitrogen and oxygen atoms in total. The SMILES string of the molecule is C=CC(C)C(=O)[C@H](CCCCN)NCC(=O)CCCSSC(C)(C)CCC(=O)N(C)[C@@H](C)C(=O)O[C@H]1CC(=O)N(C)c2cc(cc(OC)c2Cl)C/C(C)=C/C=C/[C@@H](OC)[C@@]2(O)C[C@H](OC(=O)N2)[C@@H](C)[C@@H]2O[C@@]12C.C=CCC. The highest BCUT2D eigenvalue weighted by molar-refractivity contribution is 8.77. The Morgan fingerprint density at radius 2 is 1.83 bits per heavy atom. The molecule has 0 saturated carbocycles. The molecule has 3 aliphatic heterocycles. The van der Waals surface area contributed by atoms with Crippen molar-refractivity contribution in [1.82, 2.24) is 15.5 Å². The lowest BCUT2D eigenvalue weighted by Crippen LogP contribution is -2.63. The maximum atomic E-state index is 14.4. The average molecular weight is 1130 g/mol. The zero-order valence-electron chi connectivity index (χ0n) is 47.6. The van der Waals surface area contributed by atoms with Crippen LogP contribution in [0.25, 0.3) is 0 Å². The van der Waals surface area contributed by atoms with Gasteiger partial charge in [-0.25, -0.2) is 9.59 Å². The Morgan fingerprint density at radius 1 is 1.14 bits per heavy atom. The number of epoxide rings is 1. The van der Waals surface area contributed by atoms with E-state index in [1.807, 2.05) is 32.9 Å². The summed E-state index contributed by atoms with van der Waals surface area (Å²) in [5.74, 6) is -1.24. The van der Waals surface area contributed by atoms with E-state index in [9.17, 15) is 33.9 Å². The molecule has 0 spiro atoms. The van der Waals surface area contributed by atoms with Gasteiger partial charge in [0.25, 0.3) is 0 Å². The van der Waals surface area contributed by atoms with Crippen LogP contribution < -0.4 is 26.0 Å². The number of nitrogens with one attached hydrogen (secondary N) is 2. The Bertz CT molecular complexity index is 2270. The summed E-state index contributed by atoms with van der Waals surface area (Å²) in [7, 11) is 9.27. The summed E-state index contributed by atoms with van der Waals surface area (Å²) in [4.78, 5) is 83.5. The number of halogens is 1. The first kappa shape index (κ1) is 67.1. The Labute approximate surface area is 471 Å². The Balaban J connectivity index is 0.00000376. The molecule has 1 aromatic carbocycles. The summed E-state index contributed by atoms with van der Waals surface area (Å²) in [6, 6.07) is 2.10. The quantitative estimate of drug-likeness (QED) is 0.0236. The number of hydrogen-bond acceptors (Lipinski definition) is 16. The number of methoxy groups -OCH3 is 2. The highest BCUT2D eigenvalue weighted by Gasteiger charge is 2.64. The van der Waals surface area contributed by atoms with Crippen molar-refractivity contribution in [2.75, 3.05) is 52.1 Å². The van der Waals surface area contributed by atoms with Gasteiger partial charge in [0.1, 0.15) is 46.5 Å². The lowest BCUT2D eigenvalue weighted by Gasteiger charge is -2.42. The molecule has 4 rings (SSSR count). The van der Waals surface area contributed by atoms with E-state index in [2.05, 4.69) is 30.7 Å². The monoisotopic (exact) mass is 1130 g/mol. The summed E-state index contributed by atoms with van der Waals surface area (Å²) in [5.41, 5.74) is 4.59. The van der Waals surface area contributed by atoms with Crippen LogP contribution >= 0.6 is 33.2 Å². The number of allylic oxidation sites excluding steroid dienone is 5. The van der Waals surface area contributed by atoms with Crippen LogP contribution in [0, 0.1) is 11.8 Å². The van der Waals surface area contributed by atoms with Crippen molar-refractivity contribution in [3.8, 4) is 5.75 Å². The molecule has 3 aliphatic rings. The van der Waals surface area contributed by atoms with Crippen molar-refractivity contribution in [3.63, 3.8) is 0 Å². The standard InChI is InChI=1S/C53H80ClN5O12S2.C4H8/c1-13-33(3)47(63)38(20-14-15-24-55)56-31-37(60)19-17-25-72-73-51(6,7)23-22-44(61)58(9)35(5)49(64)70-43-29-45(62)59(10)39-27-36(28-40(67-11)46(39)54)26-32(2)18-16-21-42(68-12)53(66)30-41(69-50(65)57-53)34(4)48-52(43,8)71-48;1-3-4-2/h13,16,18,21,27-28,33-35,38,41-43,48,56,66H,1,14-15,17,19-20,22-26,29-31,55H2,2-12H3,(H,57,65);3H,1,4H2,2H3/b21-16+,32-18+;/t33?,34-,35+,38+,41+,42-,43+,48+,52+,53+;/m1./s1. The predicted octanol–water partition coefficient (Wildman–Crippen LogP) is 8.86. The molecule has 0 aromatic heterocycles. The average Bonchev–Trinajstić information content (AvgIpc) is 4.10. The van der Waals surface area contributed by atoms with E-state index in [1.165, 1.54) is 31.1 Å². The number of esters is 1. The number of ketones is 2. The van der Waals surface area contributed by atoms with Gasteiger partial charge in [-0.05, 0) is 97.4 Å². The number of aliphatic hydroxyl groups is 1. The van der Waals surface area contributed by atoms with Crippen molar-refractivity contribution in [1.29, 1.82) is 0 Å². The van der Waals surface area contributed by atoms with Gasteiger partial charge in [-0.2, -0.15) is 0 Å². The van der Waals surface area contributed by atoms with E-state index >= 15 is 0 Å². The second-order valence-electron chi connectivity index (χ2n) is 21.1. The molecule has 5 N–H and O–H groups in total.